The number of aromatic hydroxyl groups is 1. The van der Waals surface area contributed by atoms with Gasteiger partial charge in [0.15, 0.2) is 11.5 Å². The molecule has 0 fully saturated rings. The van der Waals surface area contributed by atoms with E-state index in [-0.39, 0.29) is 17.5 Å². The highest BCUT2D eigenvalue weighted by molar-refractivity contribution is 7.07. The Labute approximate surface area is 192 Å². The zero-order valence-corrected chi connectivity index (χ0v) is 18.2. The molecular weight excluding hydrogens is 436 g/mol. The normalized spacial score (nSPS) is 12.4. The first kappa shape index (κ1) is 19.6. The highest BCUT2D eigenvalue weighted by Gasteiger charge is 2.21. The second kappa shape index (κ2) is 7.79. The lowest BCUT2D eigenvalue weighted by molar-refractivity contribution is 0.174. The Bertz CT molecular complexity index is 1560. The summed E-state index contributed by atoms with van der Waals surface area (Å²) in [6.45, 7) is 0.539. The third-order valence-electron chi connectivity index (χ3n) is 5.79. The first-order valence-corrected chi connectivity index (χ1v) is 11.3. The Morgan fingerprint density at radius 3 is 2.67 bits per heavy atom. The summed E-state index contributed by atoms with van der Waals surface area (Å²) in [6, 6.07) is 20.4. The fourth-order valence-corrected chi connectivity index (χ4v) is 4.76. The average molecular weight is 455 g/mol. The van der Waals surface area contributed by atoms with E-state index in [1.807, 2.05) is 42.6 Å². The van der Waals surface area contributed by atoms with Crippen molar-refractivity contribution in [3.8, 4) is 39.6 Å². The van der Waals surface area contributed by atoms with Gasteiger partial charge < -0.3 is 14.6 Å². The number of nitrogens with zero attached hydrogens (tertiary/aromatic N) is 2. The second-order valence-corrected chi connectivity index (χ2v) is 8.66. The van der Waals surface area contributed by atoms with Gasteiger partial charge in [-0.05, 0) is 57.8 Å². The molecule has 0 aliphatic carbocycles. The summed E-state index contributed by atoms with van der Waals surface area (Å²) in [5.74, 6) is 1.46. The highest BCUT2D eigenvalue weighted by Crippen LogP contribution is 2.44. The minimum absolute atomic E-state index is 0.00678. The number of hydrogen-bond acceptors (Lipinski definition) is 6. The van der Waals surface area contributed by atoms with Gasteiger partial charge in [-0.25, -0.2) is 0 Å². The van der Waals surface area contributed by atoms with Crippen LogP contribution in [-0.2, 0) is 6.54 Å². The van der Waals surface area contributed by atoms with E-state index in [2.05, 4.69) is 29.2 Å². The molecule has 5 aromatic rings. The number of benzene rings is 3. The summed E-state index contributed by atoms with van der Waals surface area (Å²) in [5, 5.41) is 13.5. The maximum Gasteiger partial charge on any atom is 0.310 e. The molecule has 0 radical (unpaired) electrons. The molecule has 0 amide bonds. The zero-order chi connectivity index (χ0) is 22.4. The Hall–Kier alpha value is -4.10. The number of rotatable bonds is 4. The molecule has 33 heavy (non-hydrogen) atoms. The molecule has 6 nitrogen and oxygen atoms in total. The van der Waals surface area contributed by atoms with E-state index in [1.165, 1.54) is 9.95 Å². The number of fused-ring (bicyclic) bond motifs is 2. The summed E-state index contributed by atoms with van der Waals surface area (Å²) in [5.41, 5.74) is 4.96. The van der Waals surface area contributed by atoms with Crippen LogP contribution in [0, 0.1) is 0 Å². The van der Waals surface area contributed by atoms with Crippen LogP contribution in [0.4, 0.5) is 0 Å². The Morgan fingerprint density at radius 2 is 1.85 bits per heavy atom. The minimum atomic E-state index is -0.171. The quantitative estimate of drug-likeness (QED) is 0.400. The SMILES string of the molecule is O=c1scc(O)n1Cc1ccc2cc(-c3cc4c(c(-c5cccnc5)c3)OCO4)ccc2c1. The van der Waals surface area contributed by atoms with Gasteiger partial charge in [-0.3, -0.25) is 14.3 Å². The van der Waals surface area contributed by atoms with E-state index in [4.69, 9.17) is 9.47 Å². The van der Waals surface area contributed by atoms with Crippen LogP contribution < -0.4 is 14.3 Å². The van der Waals surface area contributed by atoms with Crippen LogP contribution in [0.15, 0.2) is 83.2 Å². The van der Waals surface area contributed by atoms with Crippen molar-refractivity contribution in [2.75, 3.05) is 6.79 Å². The summed E-state index contributed by atoms with van der Waals surface area (Å²) >= 11 is 0.996. The summed E-state index contributed by atoms with van der Waals surface area (Å²) in [6.07, 6.45) is 3.57. The highest BCUT2D eigenvalue weighted by atomic mass is 32.1. The molecule has 3 heterocycles. The first-order chi connectivity index (χ1) is 16.2. The van der Waals surface area contributed by atoms with Gasteiger partial charge in [0, 0.05) is 23.5 Å². The largest absolute Gasteiger partial charge is 0.494 e. The lowest BCUT2D eigenvalue weighted by Gasteiger charge is -2.11. The van der Waals surface area contributed by atoms with Crippen LogP contribution in [0.25, 0.3) is 33.0 Å². The lowest BCUT2D eigenvalue weighted by atomic mass is 9.96. The summed E-state index contributed by atoms with van der Waals surface area (Å²) < 4.78 is 12.8. The monoisotopic (exact) mass is 454 g/mol. The molecule has 0 spiro atoms. The van der Waals surface area contributed by atoms with Crippen LogP contribution in [0.3, 0.4) is 0 Å². The molecule has 0 saturated carbocycles. The van der Waals surface area contributed by atoms with E-state index in [0.717, 1.165) is 61.4 Å². The number of pyridine rings is 1. The fraction of sp³-hybridized carbons (Fsp3) is 0.0769. The molecule has 1 N–H and O–H groups in total. The van der Waals surface area contributed by atoms with Crippen LogP contribution in [0.2, 0.25) is 0 Å². The smallest absolute Gasteiger partial charge is 0.310 e. The van der Waals surface area contributed by atoms with E-state index in [1.54, 1.807) is 6.20 Å². The zero-order valence-electron chi connectivity index (χ0n) is 17.4. The molecular formula is C26H18N2O4S. The predicted octanol–water partition coefficient (Wildman–Crippen LogP) is 5.27. The third-order valence-corrected chi connectivity index (χ3v) is 6.54. The van der Waals surface area contributed by atoms with Crippen LogP contribution in [0.1, 0.15) is 5.56 Å². The number of ether oxygens (including phenoxy) is 2. The molecule has 6 rings (SSSR count). The standard InChI is InChI=1S/C26H18N2O4S/c29-24-14-33-26(30)28(24)13-16-3-4-18-9-19(6-5-17(18)8-16)21-10-22(20-2-1-7-27-12-20)25-23(11-21)31-15-32-25/h1-12,14,29H,13,15H2. The molecule has 0 bridgehead atoms. The molecule has 3 aromatic carbocycles. The van der Waals surface area contributed by atoms with E-state index < -0.39 is 0 Å². The van der Waals surface area contributed by atoms with Gasteiger partial charge in [-0.15, -0.1) is 0 Å². The number of hydrogen-bond donors (Lipinski definition) is 1. The number of thiazole rings is 1. The van der Waals surface area contributed by atoms with E-state index in [9.17, 15) is 9.90 Å². The van der Waals surface area contributed by atoms with E-state index in [0.29, 0.717) is 6.54 Å². The van der Waals surface area contributed by atoms with Gasteiger partial charge >= 0.3 is 4.87 Å². The van der Waals surface area contributed by atoms with Crippen molar-refractivity contribution in [3.63, 3.8) is 0 Å². The second-order valence-electron chi connectivity index (χ2n) is 7.84. The van der Waals surface area contributed by atoms with Crippen molar-refractivity contribution in [1.82, 2.24) is 9.55 Å². The molecule has 2 aromatic heterocycles. The Balaban J connectivity index is 1.39. The molecule has 1 aliphatic heterocycles. The van der Waals surface area contributed by atoms with Gasteiger partial charge in [0.2, 0.25) is 12.7 Å². The van der Waals surface area contributed by atoms with Crippen molar-refractivity contribution in [2.24, 2.45) is 0 Å². The van der Waals surface area contributed by atoms with Crippen molar-refractivity contribution >= 4 is 22.1 Å². The summed E-state index contributed by atoms with van der Waals surface area (Å²) in [4.78, 5) is 16.0. The third kappa shape index (κ3) is 3.52. The number of aromatic nitrogens is 2. The first-order valence-electron chi connectivity index (χ1n) is 10.4. The van der Waals surface area contributed by atoms with Gasteiger partial charge in [0.25, 0.3) is 0 Å². The van der Waals surface area contributed by atoms with Gasteiger partial charge in [0.05, 0.1) is 11.9 Å². The van der Waals surface area contributed by atoms with Crippen LogP contribution in [0.5, 0.6) is 17.4 Å². The molecule has 162 valence electrons. The van der Waals surface area contributed by atoms with Gasteiger partial charge in [-0.2, -0.15) is 0 Å². The topological polar surface area (TPSA) is 73.6 Å². The van der Waals surface area contributed by atoms with Crippen LogP contribution >= 0.6 is 11.3 Å². The molecule has 0 unspecified atom stereocenters. The Morgan fingerprint density at radius 1 is 0.970 bits per heavy atom. The van der Waals surface area contributed by atoms with Crippen molar-refractivity contribution in [3.05, 3.63) is 93.7 Å². The van der Waals surface area contributed by atoms with Gasteiger partial charge in [-0.1, -0.05) is 41.7 Å². The lowest BCUT2D eigenvalue weighted by Crippen LogP contribution is -2.13. The molecule has 7 heteroatoms. The fourth-order valence-electron chi connectivity index (χ4n) is 4.14. The molecule has 1 aliphatic rings. The maximum absolute atomic E-state index is 11.9. The summed E-state index contributed by atoms with van der Waals surface area (Å²) in [7, 11) is 0. The minimum Gasteiger partial charge on any atom is -0.494 e. The molecule has 0 saturated heterocycles. The predicted molar refractivity (Wildman–Crippen MR) is 128 cm³/mol. The van der Waals surface area contributed by atoms with Gasteiger partial charge in [0.1, 0.15) is 0 Å². The average Bonchev–Trinajstić information content (AvgIpc) is 3.45. The van der Waals surface area contributed by atoms with Crippen molar-refractivity contribution in [1.29, 1.82) is 0 Å². The molecule has 0 atom stereocenters. The van der Waals surface area contributed by atoms with E-state index >= 15 is 0 Å². The maximum atomic E-state index is 11.9. The van der Waals surface area contributed by atoms with Crippen molar-refractivity contribution < 1.29 is 14.6 Å². The Kier molecular flexibility index (Phi) is 4.62. The van der Waals surface area contributed by atoms with Crippen molar-refractivity contribution in [2.45, 2.75) is 6.54 Å². The van der Waals surface area contributed by atoms with Crippen LogP contribution in [-0.4, -0.2) is 21.5 Å².